The minimum Gasteiger partial charge on any atom is -0.352 e. The van der Waals surface area contributed by atoms with E-state index in [0.29, 0.717) is 12.6 Å². The molecule has 106 valence electrons. The summed E-state index contributed by atoms with van der Waals surface area (Å²) in [6.07, 6.45) is 5.92. The van der Waals surface area contributed by atoms with Gasteiger partial charge in [0.1, 0.15) is 12.2 Å². The van der Waals surface area contributed by atoms with E-state index < -0.39 is 0 Å². The molecule has 1 aliphatic carbocycles. The van der Waals surface area contributed by atoms with E-state index in [1.54, 1.807) is 6.20 Å². The van der Waals surface area contributed by atoms with E-state index in [1.165, 1.54) is 0 Å². The van der Waals surface area contributed by atoms with Crippen LogP contribution in [0.15, 0.2) is 42.7 Å². The summed E-state index contributed by atoms with van der Waals surface area (Å²) in [5.41, 5.74) is 2.84. The molecule has 0 aromatic carbocycles. The van der Waals surface area contributed by atoms with Crippen molar-refractivity contribution in [3.8, 4) is 11.4 Å². The maximum Gasteiger partial charge on any atom is 0.240 e. The van der Waals surface area contributed by atoms with Crippen LogP contribution in [0.2, 0.25) is 0 Å². The molecule has 3 aromatic heterocycles. The number of aromatic amines is 1. The molecule has 0 aliphatic heterocycles. The van der Waals surface area contributed by atoms with Crippen molar-refractivity contribution in [3.05, 3.63) is 42.7 Å². The van der Waals surface area contributed by atoms with Crippen molar-refractivity contribution in [2.75, 3.05) is 0 Å². The molecular formula is C16H16N4O. The lowest BCUT2D eigenvalue weighted by Crippen LogP contribution is -2.29. The zero-order valence-corrected chi connectivity index (χ0v) is 11.5. The van der Waals surface area contributed by atoms with Gasteiger partial charge in [0.2, 0.25) is 5.91 Å². The van der Waals surface area contributed by atoms with E-state index in [2.05, 4.69) is 21.4 Å². The first kappa shape index (κ1) is 12.2. The molecule has 0 spiro atoms. The third-order valence-electron chi connectivity index (χ3n) is 3.75. The number of aromatic nitrogens is 3. The van der Waals surface area contributed by atoms with E-state index in [1.807, 2.05) is 35.0 Å². The Morgan fingerprint density at radius 3 is 3.10 bits per heavy atom. The summed E-state index contributed by atoms with van der Waals surface area (Å²) < 4.78 is 1.96. The highest BCUT2D eigenvalue weighted by Gasteiger charge is 2.23. The molecular weight excluding hydrogens is 264 g/mol. The summed E-state index contributed by atoms with van der Waals surface area (Å²) in [6, 6.07) is 10.4. The number of pyridine rings is 1. The van der Waals surface area contributed by atoms with Crippen LogP contribution in [0.3, 0.4) is 0 Å². The zero-order chi connectivity index (χ0) is 14.2. The van der Waals surface area contributed by atoms with Crippen molar-refractivity contribution in [2.24, 2.45) is 0 Å². The number of amides is 1. The average Bonchev–Trinajstić information content (AvgIpc) is 3.01. The van der Waals surface area contributed by atoms with Crippen molar-refractivity contribution < 1.29 is 4.79 Å². The molecule has 1 amide bonds. The number of carbonyl (C=O) groups is 1. The van der Waals surface area contributed by atoms with Crippen LogP contribution in [0.25, 0.3) is 22.4 Å². The fraction of sp³-hybridized carbons (Fsp3) is 0.250. The summed E-state index contributed by atoms with van der Waals surface area (Å²) in [5.74, 6) is 0.0733. The Bertz CT molecular complexity index is 764. The molecule has 3 heterocycles. The zero-order valence-electron chi connectivity index (χ0n) is 11.5. The van der Waals surface area contributed by atoms with Crippen LogP contribution >= 0.6 is 0 Å². The topological polar surface area (TPSA) is 62.7 Å². The van der Waals surface area contributed by atoms with Crippen LogP contribution in [-0.4, -0.2) is 26.5 Å². The van der Waals surface area contributed by atoms with Gasteiger partial charge >= 0.3 is 0 Å². The Kier molecular flexibility index (Phi) is 2.77. The number of nitrogens with one attached hydrogen (secondary N) is 2. The van der Waals surface area contributed by atoms with Crippen LogP contribution in [0.1, 0.15) is 12.8 Å². The Hall–Kier alpha value is -2.56. The van der Waals surface area contributed by atoms with Crippen molar-refractivity contribution in [3.63, 3.8) is 0 Å². The normalized spacial score (nSPS) is 14.5. The number of fused-ring (bicyclic) bond motifs is 1. The van der Waals surface area contributed by atoms with Crippen molar-refractivity contribution >= 4 is 16.9 Å². The quantitative estimate of drug-likeness (QED) is 0.770. The van der Waals surface area contributed by atoms with E-state index in [9.17, 15) is 4.79 Å². The number of hydrogen-bond donors (Lipinski definition) is 2. The first-order valence-electron chi connectivity index (χ1n) is 7.18. The molecule has 1 aliphatic rings. The standard InChI is InChI=1S/C16H16N4O/c21-15(18-12-5-6-12)10-20-8-2-4-14(20)13-9-11-3-1-7-17-16(11)19-13/h1-4,7-9,12H,5-6,10H2,(H,17,19)(H,18,21). The number of hydrogen-bond acceptors (Lipinski definition) is 2. The lowest BCUT2D eigenvalue weighted by atomic mass is 10.3. The summed E-state index contributed by atoms with van der Waals surface area (Å²) in [6.45, 7) is 0.349. The van der Waals surface area contributed by atoms with Gasteiger partial charge in [0.25, 0.3) is 0 Å². The molecule has 0 radical (unpaired) electrons. The minimum atomic E-state index is 0.0733. The van der Waals surface area contributed by atoms with Gasteiger partial charge in [0.15, 0.2) is 0 Å². The first-order valence-corrected chi connectivity index (χ1v) is 7.18. The Morgan fingerprint density at radius 1 is 1.38 bits per heavy atom. The second-order valence-electron chi connectivity index (χ2n) is 5.49. The molecule has 2 N–H and O–H groups in total. The van der Waals surface area contributed by atoms with Crippen LogP contribution in [-0.2, 0) is 11.3 Å². The number of H-pyrrole nitrogens is 1. The molecule has 0 atom stereocenters. The summed E-state index contributed by atoms with van der Waals surface area (Å²) in [7, 11) is 0. The van der Waals surface area contributed by atoms with E-state index in [0.717, 1.165) is 35.3 Å². The molecule has 0 bridgehead atoms. The number of nitrogens with zero attached hydrogens (tertiary/aromatic N) is 2. The number of carbonyl (C=O) groups excluding carboxylic acids is 1. The van der Waals surface area contributed by atoms with Gasteiger partial charge in [-0.2, -0.15) is 0 Å². The smallest absolute Gasteiger partial charge is 0.240 e. The number of rotatable bonds is 4. The monoisotopic (exact) mass is 280 g/mol. The lowest BCUT2D eigenvalue weighted by molar-refractivity contribution is -0.121. The van der Waals surface area contributed by atoms with Crippen molar-refractivity contribution in [2.45, 2.75) is 25.4 Å². The molecule has 0 unspecified atom stereocenters. The molecule has 3 aromatic rings. The summed E-state index contributed by atoms with van der Waals surface area (Å²) >= 11 is 0. The third kappa shape index (κ3) is 2.42. The van der Waals surface area contributed by atoms with Gasteiger partial charge in [-0.05, 0) is 43.2 Å². The van der Waals surface area contributed by atoms with E-state index >= 15 is 0 Å². The molecule has 1 fully saturated rings. The summed E-state index contributed by atoms with van der Waals surface area (Å²) in [5, 5.41) is 4.09. The lowest BCUT2D eigenvalue weighted by Gasteiger charge is -2.08. The second-order valence-corrected chi connectivity index (χ2v) is 5.49. The molecule has 4 rings (SSSR count). The van der Waals surface area contributed by atoms with Gasteiger partial charge in [0, 0.05) is 23.8 Å². The van der Waals surface area contributed by atoms with Crippen LogP contribution in [0, 0.1) is 0 Å². The van der Waals surface area contributed by atoms with Crippen molar-refractivity contribution in [1.29, 1.82) is 0 Å². The molecule has 5 nitrogen and oxygen atoms in total. The van der Waals surface area contributed by atoms with E-state index in [4.69, 9.17) is 0 Å². The minimum absolute atomic E-state index is 0.0733. The highest BCUT2D eigenvalue weighted by Crippen LogP contribution is 2.24. The van der Waals surface area contributed by atoms with Crippen molar-refractivity contribution in [1.82, 2.24) is 19.9 Å². The maximum absolute atomic E-state index is 12.0. The highest BCUT2D eigenvalue weighted by molar-refractivity contribution is 5.83. The Morgan fingerprint density at radius 2 is 2.29 bits per heavy atom. The SMILES string of the molecule is O=C(Cn1cccc1-c1cc2cccnc2[nH]1)NC1CC1. The predicted octanol–water partition coefficient (Wildman–Crippen LogP) is 2.31. The van der Waals surface area contributed by atoms with Gasteiger partial charge in [-0.3, -0.25) is 4.79 Å². The molecule has 1 saturated carbocycles. The molecule has 0 saturated heterocycles. The van der Waals surface area contributed by atoms with Crippen LogP contribution in [0.5, 0.6) is 0 Å². The van der Waals surface area contributed by atoms with Crippen LogP contribution < -0.4 is 5.32 Å². The molecule has 5 heteroatoms. The van der Waals surface area contributed by atoms with Gasteiger partial charge in [-0.1, -0.05) is 0 Å². The van der Waals surface area contributed by atoms with Gasteiger partial charge < -0.3 is 14.9 Å². The Labute approximate surface area is 122 Å². The van der Waals surface area contributed by atoms with Crippen LogP contribution in [0.4, 0.5) is 0 Å². The second kappa shape index (κ2) is 4.77. The molecule has 21 heavy (non-hydrogen) atoms. The third-order valence-corrected chi connectivity index (χ3v) is 3.75. The first-order chi connectivity index (χ1) is 10.3. The largest absolute Gasteiger partial charge is 0.352 e. The predicted molar refractivity (Wildman–Crippen MR) is 80.7 cm³/mol. The van der Waals surface area contributed by atoms with Gasteiger partial charge in [0.05, 0.1) is 11.4 Å². The fourth-order valence-corrected chi connectivity index (χ4v) is 2.55. The van der Waals surface area contributed by atoms with Gasteiger partial charge in [-0.15, -0.1) is 0 Å². The summed E-state index contributed by atoms with van der Waals surface area (Å²) in [4.78, 5) is 19.6. The maximum atomic E-state index is 12.0. The van der Waals surface area contributed by atoms with E-state index in [-0.39, 0.29) is 5.91 Å². The Balaban J connectivity index is 1.62. The fourth-order valence-electron chi connectivity index (χ4n) is 2.55. The average molecular weight is 280 g/mol. The highest BCUT2D eigenvalue weighted by atomic mass is 16.2. The van der Waals surface area contributed by atoms with Gasteiger partial charge in [-0.25, -0.2) is 4.98 Å².